The molecule has 0 bridgehead atoms. The molecule has 0 N–H and O–H groups in total. The van der Waals surface area contributed by atoms with Gasteiger partial charge in [0.1, 0.15) is 6.61 Å². The summed E-state index contributed by atoms with van der Waals surface area (Å²) in [7, 11) is 0. The largest absolute Gasteiger partial charge is 0.391 e. The lowest BCUT2D eigenvalue weighted by Crippen LogP contribution is -1.99. The summed E-state index contributed by atoms with van der Waals surface area (Å²) < 4.78 is 0. The van der Waals surface area contributed by atoms with E-state index in [0.29, 0.717) is 6.61 Å². The maximum Gasteiger partial charge on any atom is 0.142 e. The Bertz CT molecular complexity index is 309. The van der Waals surface area contributed by atoms with E-state index in [-0.39, 0.29) is 0 Å². The van der Waals surface area contributed by atoms with Gasteiger partial charge in [-0.1, -0.05) is 22.8 Å². The van der Waals surface area contributed by atoms with E-state index >= 15 is 0 Å². The van der Waals surface area contributed by atoms with Crippen molar-refractivity contribution in [3.05, 3.63) is 34.3 Å². The Hall–Kier alpha value is -1.02. The highest BCUT2D eigenvalue weighted by Crippen LogP contribution is 2.17. The average Bonchev–Trinajstić information content (AvgIpc) is 2.04. The Labute approximate surface area is 69.4 Å². The van der Waals surface area contributed by atoms with E-state index in [1.807, 2.05) is 18.2 Å². The van der Waals surface area contributed by atoms with Crippen LogP contribution in [0, 0.1) is 0 Å². The van der Waals surface area contributed by atoms with E-state index in [1.54, 1.807) is 6.21 Å². The molecule has 1 heterocycles. The average molecular weight is 168 g/mol. The number of benzene rings is 1. The molecule has 56 valence electrons. The summed E-state index contributed by atoms with van der Waals surface area (Å²) in [6, 6.07) is 5.68. The van der Waals surface area contributed by atoms with E-state index in [0.717, 1.165) is 16.1 Å². The monoisotopic (exact) mass is 167 g/mol. The predicted molar refractivity (Wildman–Crippen MR) is 43.8 cm³/mol. The molecule has 1 aliphatic rings. The molecule has 0 fully saturated rings. The van der Waals surface area contributed by atoms with Gasteiger partial charge in [-0.3, -0.25) is 0 Å². The lowest BCUT2D eigenvalue weighted by Gasteiger charge is -2.08. The van der Waals surface area contributed by atoms with Crippen molar-refractivity contribution in [2.75, 3.05) is 0 Å². The zero-order chi connectivity index (χ0) is 7.68. The van der Waals surface area contributed by atoms with Crippen molar-refractivity contribution >= 4 is 17.8 Å². The van der Waals surface area contributed by atoms with Crippen molar-refractivity contribution in [2.24, 2.45) is 5.16 Å². The summed E-state index contributed by atoms with van der Waals surface area (Å²) in [4.78, 5) is 4.86. The minimum Gasteiger partial charge on any atom is -0.391 e. The normalized spacial score (nSPS) is 13.9. The van der Waals surface area contributed by atoms with Crippen LogP contribution in [0.5, 0.6) is 0 Å². The van der Waals surface area contributed by atoms with Crippen LogP contribution in [-0.4, -0.2) is 6.21 Å². The van der Waals surface area contributed by atoms with E-state index in [1.165, 1.54) is 0 Å². The van der Waals surface area contributed by atoms with Crippen LogP contribution in [0.4, 0.5) is 0 Å². The molecule has 11 heavy (non-hydrogen) atoms. The van der Waals surface area contributed by atoms with Crippen molar-refractivity contribution in [3.8, 4) is 0 Å². The van der Waals surface area contributed by atoms with Gasteiger partial charge >= 0.3 is 0 Å². The van der Waals surface area contributed by atoms with Crippen molar-refractivity contribution in [2.45, 2.75) is 6.61 Å². The first kappa shape index (κ1) is 6.68. The standard InChI is InChI=1S/C8H6ClNO/c9-8-2-1-6-5-11-10-4-7(6)3-8/h1-4H,5H2. The minimum absolute atomic E-state index is 0.545. The second-order valence-electron chi connectivity index (χ2n) is 2.35. The number of nitrogens with zero attached hydrogens (tertiary/aromatic N) is 1. The molecule has 2 rings (SSSR count). The molecule has 0 aliphatic carbocycles. The molecule has 1 aliphatic heterocycles. The van der Waals surface area contributed by atoms with Crippen LogP contribution in [0.25, 0.3) is 0 Å². The molecule has 0 unspecified atom stereocenters. The van der Waals surface area contributed by atoms with Gasteiger partial charge in [0.05, 0.1) is 6.21 Å². The van der Waals surface area contributed by atoms with E-state index < -0.39 is 0 Å². The smallest absolute Gasteiger partial charge is 0.142 e. The number of hydrogen-bond acceptors (Lipinski definition) is 2. The minimum atomic E-state index is 0.545. The molecule has 0 spiro atoms. The maximum absolute atomic E-state index is 5.77. The zero-order valence-electron chi connectivity index (χ0n) is 5.75. The maximum atomic E-state index is 5.77. The Kier molecular flexibility index (Phi) is 1.55. The van der Waals surface area contributed by atoms with Gasteiger partial charge in [0.2, 0.25) is 0 Å². The molecule has 0 amide bonds. The molecule has 3 heteroatoms. The Morgan fingerprint density at radius 3 is 3.27 bits per heavy atom. The summed E-state index contributed by atoms with van der Waals surface area (Å²) >= 11 is 5.77. The summed E-state index contributed by atoms with van der Waals surface area (Å²) in [5.41, 5.74) is 2.17. The molecule has 0 saturated carbocycles. The van der Waals surface area contributed by atoms with Gasteiger partial charge in [-0.15, -0.1) is 0 Å². The Morgan fingerprint density at radius 1 is 1.45 bits per heavy atom. The highest BCUT2D eigenvalue weighted by molar-refractivity contribution is 6.30. The molecule has 0 radical (unpaired) electrons. The van der Waals surface area contributed by atoms with Gasteiger partial charge in [0, 0.05) is 16.1 Å². The fourth-order valence-corrected chi connectivity index (χ4v) is 1.20. The third kappa shape index (κ3) is 1.21. The zero-order valence-corrected chi connectivity index (χ0v) is 6.51. The first-order chi connectivity index (χ1) is 5.36. The van der Waals surface area contributed by atoms with E-state index in [4.69, 9.17) is 16.4 Å². The molecule has 0 aromatic heterocycles. The molecular weight excluding hydrogens is 162 g/mol. The summed E-state index contributed by atoms with van der Waals surface area (Å²) in [6.07, 6.45) is 1.67. The molecule has 0 atom stereocenters. The van der Waals surface area contributed by atoms with E-state index in [2.05, 4.69) is 5.16 Å². The lowest BCUT2D eigenvalue weighted by atomic mass is 10.1. The van der Waals surface area contributed by atoms with E-state index in [9.17, 15) is 0 Å². The lowest BCUT2D eigenvalue weighted by molar-refractivity contribution is 0.128. The van der Waals surface area contributed by atoms with Crippen LogP contribution in [0.15, 0.2) is 23.4 Å². The third-order valence-corrected chi connectivity index (χ3v) is 1.83. The highest BCUT2D eigenvalue weighted by atomic mass is 35.5. The van der Waals surface area contributed by atoms with Crippen molar-refractivity contribution in [3.63, 3.8) is 0 Å². The van der Waals surface area contributed by atoms with Crippen molar-refractivity contribution in [1.29, 1.82) is 0 Å². The summed E-state index contributed by atoms with van der Waals surface area (Å²) in [5.74, 6) is 0. The van der Waals surface area contributed by atoms with Gasteiger partial charge < -0.3 is 4.84 Å². The Balaban J connectivity index is 2.54. The second-order valence-corrected chi connectivity index (χ2v) is 2.79. The number of hydrogen-bond donors (Lipinski definition) is 0. The predicted octanol–water partition coefficient (Wildman–Crippen LogP) is 2.20. The SMILES string of the molecule is Clc1ccc2c(c1)C=NOC2. The van der Waals surface area contributed by atoms with Gasteiger partial charge in [-0.2, -0.15) is 0 Å². The van der Waals surface area contributed by atoms with Crippen molar-refractivity contribution in [1.82, 2.24) is 0 Å². The molecule has 1 aromatic rings. The summed E-state index contributed by atoms with van der Waals surface area (Å²) in [6.45, 7) is 0.545. The Morgan fingerprint density at radius 2 is 2.36 bits per heavy atom. The number of oxime groups is 1. The van der Waals surface area contributed by atoms with Crippen LogP contribution in [0.3, 0.4) is 0 Å². The van der Waals surface area contributed by atoms with Crippen molar-refractivity contribution < 1.29 is 4.84 Å². The van der Waals surface area contributed by atoms with Crippen LogP contribution in [-0.2, 0) is 11.4 Å². The molecule has 1 aromatic carbocycles. The van der Waals surface area contributed by atoms with Crippen LogP contribution < -0.4 is 0 Å². The second kappa shape index (κ2) is 2.55. The summed E-state index contributed by atoms with van der Waals surface area (Å²) in [5, 5.41) is 4.41. The third-order valence-electron chi connectivity index (χ3n) is 1.59. The fraction of sp³-hybridized carbons (Fsp3) is 0.125. The van der Waals surface area contributed by atoms with Gasteiger partial charge in [-0.05, 0) is 12.1 Å². The van der Waals surface area contributed by atoms with Gasteiger partial charge in [-0.25, -0.2) is 0 Å². The number of halogens is 1. The molecule has 0 saturated heterocycles. The van der Waals surface area contributed by atoms with Crippen LogP contribution >= 0.6 is 11.6 Å². The van der Waals surface area contributed by atoms with Crippen LogP contribution in [0.2, 0.25) is 5.02 Å². The first-order valence-corrected chi connectivity index (χ1v) is 3.68. The van der Waals surface area contributed by atoms with Gasteiger partial charge in [0.15, 0.2) is 0 Å². The van der Waals surface area contributed by atoms with Gasteiger partial charge in [0.25, 0.3) is 0 Å². The number of rotatable bonds is 0. The highest BCUT2D eigenvalue weighted by Gasteiger charge is 2.05. The quantitative estimate of drug-likeness (QED) is 0.581. The first-order valence-electron chi connectivity index (χ1n) is 3.30. The molecular formula is C8H6ClNO. The van der Waals surface area contributed by atoms with Crippen LogP contribution in [0.1, 0.15) is 11.1 Å². The fourth-order valence-electron chi connectivity index (χ4n) is 1.02. The topological polar surface area (TPSA) is 21.6 Å². The molecule has 2 nitrogen and oxygen atoms in total. The number of fused-ring (bicyclic) bond motifs is 1.